The Bertz CT molecular complexity index is 435. The first-order chi connectivity index (χ1) is 9.08. The molecule has 2 atom stereocenters. The monoisotopic (exact) mass is 264 g/mol. The van der Waals surface area contributed by atoms with Gasteiger partial charge >= 0.3 is 0 Å². The molecular weight excluding hydrogens is 240 g/mol. The Balaban J connectivity index is 1.79. The van der Waals surface area contributed by atoms with Crippen molar-refractivity contribution < 1.29 is 4.79 Å². The van der Waals surface area contributed by atoms with Crippen LogP contribution in [-0.2, 0) is 11.8 Å². The van der Waals surface area contributed by atoms with Gasteiger partial charge in [-0.2, -0.15) is 5.10 Å². The van der Waals surface area contributed by atoms with Gasteiger partial charge in [-0.1, -0.05) is 0 Å². The van der Waals surface area contributed by atoms with E-state index in [1.165, 1.54) is 6.42 Å². The van der Waals surface area contributed by atoms with Crippen molar-refractivity contribution in [1.29, 1.82) is 0 Å². The fourth-order valence-corrected chi connectivity index (χ4v) is 2.63. The van der Waals surface area contributed by atoms with Crippen molar-refractivity contribution in [1.82, 2.24) is 20.4 Å². The highest BCUT2D eigenvalue weighted by Gasteiger charge is 2.18. The van der Waals surface area contributed by atoms with Crippen molar-refractivity contribution >= 4 is 5.91 Å². The molecule has 1 saturated heterocycles. The van der Waals surface area contributed by atoms with Crippen LogP contribution >= 0.6 is 0 Å². The molecule has 1 aliphatic rings. The first kappa shape index (κ1) is 14.1. The zero-order chi connectivity index (χ0) is 13.8. The number of nitrogens with one attached hydrogen (secondary N) is 2. The summed E-state index contributed by atoms with van der Waals surface area (Å²) in [5.41, 5.74) is 2.20. The zero-order valence-corrected chi connectivity index (χ0v) is 12.1. The van der Waals surface area contributed by atoms with Crippen LogP contribution in [0.25, 0.3) is 0 Å². The molecule has 5 heteroatoms. The Morgan fingerprint density at radius 1 is 1.68 bits per heavy atom. The largest absolute Gasteiger partial charge is 0.349 e. The number of aryl methyl sites for hydroxylation is 1. The molecule has 1 amide bonds. The summed E-state index contributed by atoms with van der Waals surface area (Å²) >= 11 is 0. The number of carbonyl (C=O) groups is 1. The summed E-state index contributed by atoms with van der Waals surface area (Å²) in [5.74, 6) is 0.809. The zero-order valence-electron chi connectivity index (χ0n) is 12.1. The van der Waals surface area contributed by atoms with E-state index in [9.17, 15) is 4.79 Å². The summed E-state index contributed by atoms with van der Waals surface area (Å²) in [6.07, 6.45) is 4.64. The van der Waals surface area contributed by atoms with Crippen molar-refractivity contribution in [2.75, 3.05) is 13.1 Å². The lowest BCUT2D eigenvalue weighted by atomic mass is 10.0. The van der Waals surface area contributed by atoms with Crippen LogP contribution in [0.3, 0.4) is 0 Å². The third kappa shape index (κ3) is 3.56. The Hall–Kier alpha value is -1.36. The van der Waals surface area contributed by atoms with E-state index in [-0.39, 0.29) is 11.9 Å². The SMILES string of the molecule is Cc1c(C(C)NC(=O)CCC2CCNC2)cnn1C. The molecule has 2 unspecified atom stereocenters. The topological polar surface area (TPSA) is 59.0 Å². The Morgan fingerprint density at radius 2 is 2.47 bits per heavy atom. The van der Waals surface area contributed by atoms with E-state index in [0.717, 1.165) is 30.8 Å². The molecule has 19 heavy (non-hydrogen) atoms. The number of hydrogen-bond acceptors (Lipinski definition) is 3. The molecule has 106 valence electrons. The van der Waals surface area contributed by atoms with Crippen LogP contribution in [0.5, 0.6) is 0 Å². The van der Waals surface area contributed by atoms with Crippen molar-refractivity contribution in [2.45, 2.75) is 39.2 Å². The highest BCUT2D eigenvalue weighted by Crippen LogP contribution is 2.17. The first-order valence-corrected chi connectivity index (χ1v) is 7.06. The summed E-state index contributed by atoms with van der Waals surface area (Å²) in [6.45, 7) is 6.19. The lowest BCUT2D eigenvalue weighted by Gasteiger charge is -2.14. The van der Waals surface area contributed by atoms with Gasteiger partial charge in [0.05, 0.1) is 12.2 Å². The van der Waals surface area contributed by atoms with Gasteiger partial charge in [0.2, 0.25) is 5.91 Å². The number of nitrogens with zero attached hydrogens (tertiary/aromatic N) is 2. The number of carbonyl (C=O) groups excluding carboxylic acids is 1. The summed E-state index contributed by atoms with van der Waals surface area (Å²) in [7, 11) is 1.92. The maximum Gasteiger partial charge on any atom is 0.220 e. The van der Waals surface area contributed by atoms with E-state index in [2.05, 4.69) is 15.7 Å². The van der Waals surface area contributed by atoms with E-state index in [1.54, 1.807) is 0 Å². The van der Waals surface area contributed by atoms with Crippen molar-refractivity contribution in [3.63, 3.8) is 0 Å². The van der Waals surface area contributed by atoms with Gasteiger partial charge in [0.25, 0.3) is 0 Å². The third-order valence-electron chi connectivity index (χ3n) is 4.06. The van der Waals surface area contributed by atoms with Gasteiger partial charge in [-0.05, 0) is 45.7 Å². The summed E-state index contributed by atoms with van der Waals surface area (Å²) in [4.78, 5) is 11.9. The minimum atomic E-state index is 0.0305. The molecule has 1 aromatic heterocycles. The fourth-order valence-electron chi connectivity index (χ4n) is 2.63. The van der Waals surface area contributed by atoms with Gasteiger partial charge in [-0.25, -0.2) is 0 Å². The van der Waals surface area contributed by atoms with Crippen molar-refractivity contribution in [3.8, 4) is 0 Å². The van der Waals surface area contributed by atoms with Gasteiger partial charge in [-0.3, -0.25) is 9.48 Å². The third-order valence-corrected chi connectivity index (χ3v) is 4.06. The Kier molecular flexibility index (Phi) is 4.58. The lowest BCUT2D eigenvalue weighted by Crippen LogP contribution is -2.27. The molecule has 1 aromatic rings. The van der Waals surface area contributed by atoms with E-state index < -0.39 is 0 Å². The fraction of sp³-hybridized carbons (Fsp3) is 0.714. The van der Waals surface area contributed by atoms with E-state index in [1.807, 2.05) is 31.8 Å². The van der Waals surface area contributed by atoms with Crippen LogP contribution in [0.1, 0.15) is 43.5 Å². The van der Waals surface area contributed by atoms with Gasteiger partial charge in [-0.15, -0.1) is 0 Å². The molecule has 1 fully saturated rings. The average molecular weight is 264 g/mol. The molecule has 5 nitrogen and oxygen atoms in total. The van der Waals surface area contributed by atoms with Gasteiger partial charge < -0.3 is 10.6 Å². The Morgan fingerprint density at radius 3 is 3.05 bits per heavy atom. The highest BCUT2D eigenvalue weighted by atomic mass is 16.1. The maximum absolute atomic E-state index is 11.9. The standard InChI is InChI=1S/C14H24N4O/c1-10(13-9-16-18(3)11(13)2)17-14(19)5-4-12-6-7-15-8-12/h9-10,12,15H,4-8H2,1-3H3,(H,17,19). The van der Waals surface area contributed by atoms with Crippen LogP contribution in [0, 0.1) is 12.8 Å². The normalized spacial score (nSPS) is 20.5. The van der Waals surface area contributed by atoms with Crippen LogP contribution in [0.4, 0.5) is 0 Å². The van der Waals surface area contributed by atoms with Gasteiger partial charge in [0, 0.05) is 24.7 Å². The summed E-state index contributed by atoms with van der Waals surface area (Å²) in [5, 5.41) is 10.6. The van der Waals surface area contributed by atoms with Crippen LogP contribution in [-0.4, -0.2) is 28.8 Å². The number of rotatable bonds is 5. The molecule has 2 heterocycles. The van der Waals surface area contributed by atoms with E-state index in [0.29, 0.717) is 12.3 Å². The molecule has 0 saturated carbocycles. The lowest BCUT2D eigenvalue weighted by molar-refractivity contribution is -0.122. The second-order valence-corrected chi connectivity index (χ2v) is 5.50. The molecular formula is C14H24N4O. The molecule has 2 rings (SSSR count). The smallest absolute Gasteiger partial charge is 0.220 e. The van der Waals surface area contributed by atoms with Crippen LogP contribution in [0.15, 0.2) is 6.20 Å². The summed E-state index contributed by atoms with van der Waals surface area (Å²) < 4.78 is 1.84. The predicted octanol–water partition coefficient (Wildman–Crippen LogP) is 1.30. The second kappa shape index (κ2) is 6.19. The van der Waals surface area contributed by atoms with Crippen molar-refractivity contribution in [3.05, 3.63) is 17.5 Å². The highest BCUT2D eigenvalue weighted by molar-refractivity contribution is 5.76. The molecule has 1 aliphatic heterocycles. The molecule has 0 aromatic carbocycles. The minimum Gasteiger partial charge on any atom is -0.349 e. The number of hydrogen-bond donors (Lipinski definition) is 2. The van der Waals surface area contributed by atoms with Gasteiger partial charge in [0.1, 0.15) is 0 Å². The second-order valence-electron chi connectivity index (χ2n) is 5.50. The number of aromatic nitrogens is 2. The minimum absolute atomic E-state index is 0.0305. The van der Waals surface area contributed by atoms with E-state index >= 15 is 0 Å². The van der Waals surface area contributed by atoms with Crippen molar-refractivity contribution in [2.24, 2.45) is 13.0 Å². The van der Waals surface area contributed by atoms with Crippen LogP contribution < -0.4 is 10.6 Å². The summed E-state index contributed by atoms with van der Waals surface area (Å²) in [6, 6.07) is 0.0305. The first-order valence-electron chi connectivity index (χ1n) is 7.06. The molecule has 0 aliphatic carbocycles. The number of amides is 1. The average Bonchev–Trinajstić information content (AvgIpc) is 2.98. The molecule has 0 radical (unpaired) electrons. The predicted molar refractivity (Wildman–Crippen MR) is 74.7 cm³/mol. The van der Waals surface area contributed by atoms with Gasteiger partial charge in [0.15, 0.2) is 0 Å². The molecule has 0 spiro atoms. The quantitative estimate of drug-likeness (QED) is 0.842. The Labute approximate surface area is 114 Å². The van der Waals surface area contributed by atoms with Crippen LogP contribution in [0.2, 0.25) is 0 Å². The van der Waals surface area contributed by atoms with E-state index in [4.69, 9.17) is 0 Å². The molecule has 2 N–H and O–H groups in total. The maximum atomic E-state index is 11.9. The molecule has 0 bridgehead atoms.